The number of rotatable bonds is 2. The molecule has 1 rings (SSSR count). The molecule has 1 unspecified atom stereocenters. The molecule has 82 valence electrons. The second-order valence-corrected chi connectivity index (χ2v) is 4.44. The van der Waals surface area contributed by atoms with Crippen molar-refractivity contribution in [3.63, 3.8) is 0 Å². The second kappa shape index (κ2) is 4.74. The Balaban J connectivity index is 3.19. The number of carbonyl (C=O) groups is 1. The highest BCUT2D eigenvalue weighted by atomic mass is 35.5. The van der Waals surface area contributed by atoms with Crippen molar-refractivity contribution in [1.82, 2.24) is 4.90 Å². The van der Waals surface area contributed by atoms with Crippen LogP contribution in [-0.2, 0) is 11.1 Å². The predicted molar refractivity (Wildman–Crippen MR) is 58.5 cm³/mol. The maximum absolute atomic E-state index is 11.5. The summed E-state index contributed by atoms with van der Waals surface area (Å²) < 4.78 is 19.8. The highest BCUT2D eigenvalue weighted by Gasteiger charge is 2.13. The van der Waals surface area contributed by atoms with E-state index in [4.69, 9.17) is 16.2 Å². The number of nitrogens with zero attached hydrogens (tertiary/aromatic N) is 1. The van der Waals surface area contributed by atoms with Crippen molar-refractivity contribution in [3.05, 3.63) is 28.8 Å². The first kappa shape index (κ1) is 12.2. The topological polar surface area (TPSA) is 57.6 Å². The molecule has 0 heterocycles. The van der Waals surface area contributed by atoms with Crippen LogP contribution in [0.25, 0.3) is 0 Å². The Kier molecular flexibility index (Phi) is 3.84. The van der Waals surface area contributed by atoms with Crippen LogP contribution in [0.4, 0.5) is 0 Å². The Morgan fingerprint density at radius 1 is 1.47 bits per heavy atom. The van der Waals surface area contributed by atoms with Gasteiger partial charge in [0.15, 0.2) is 11.1 Å². The van der Waals surface area contributed by atoms with E-state index in [-0.39, 0.29) is 15.8 Å². The molecule has 0 fully saturated rings. The quantitative estimate of drug-likeness (QED) is 0.808. The van der Waals surface area contributed by atoms with Crippen LogP contribution in [0.15, 0.2) is 23.1 Å². The molecule has 0 saturated heterocycles. The zero-order valence-electron chi connectivity index (χ0n) is 8.23. The minimum Gasteiger partial charge on any atom is -0.345 e. The van der Waals surface area contributed by atoms with E-state index in [1.807, 2.05) is 0 Å². The Hall–Kier alpha value is -0.910. The molecule has 0 spiro atoms. The molecule has 0 aliphatic carbocycles. The third kappa shape index (κ3) is 2.77. The maximum Gasteiger partial charge on any atom is 0.253 e. The highest BCUT2D eigenvalue weighted by Crippen LogP contribution is 2.20. The summed E-state index contributed by atoms with van der Waals surface area (Å²) in [5.41, 5.74) is 0.335. The molecule has 0 bridgehead atoms. The summed E-state index contributed by atoms with van der Waals surface area (Å²) in [4.78, 5) is 13.0. The Morgan fingerprint density at radius 3 is 2.53 bits per heavy atom. The number of hydrogen-bond donors (Lipinski definition) is 1. The van der Waals surface area contributed by atoms with Gasteiger partial charge < -0.3 is 9.45 Å². The first-order valence-corrected chi connectivity index (χ1v) is 5.54. The van der Waals surface area contributed by atoms with Gasteiger partial charge >= 0.3 is 0 Å². The number of benzene rings is 1. The van der Waals surface area contributed by atoms with Crippen LogP contribution in [0.2, 0.25) is 5.02 Å². The number of amides is 1. The summed E-state index contributed by atoms with van der Waals surface area (Å²) in [7, 11) is 3.21. The van der Waals surface area contributed by atoms with Gasteiger partial charge in [0.05, 0.1) is 9.92 Å². The third-order valence-corrected chi connectivity index (χ3v) is 2.93. The fourth-order valence-corrected chi connectivity index (χ4v) is 1.81. The fraction of sp³-hybridized carbons (Fsp3) is 0.222. The molecule has 0 radical (unpaired) electrons. The van der Waals surface area contributed by atoms with Crippen LogP contribution >= 0.6 is 11.6 Å². The molecule has 1 aromatic carbocycles. The first-order chi connectivity index (χ1) is 6.93. The minimum absolute atomic E-state index is 0.0457. The first-order valence-electron chi connectivity index (χ1n) is 4.05. The van der Waals surface area contributed by atoms with Crippen LogP contribution < -0.4 is 0 Å². The molecule has 4 nitrogen and oxygen atoms in total. The van der Waals surface area contributed by atoms with E-state index in [0.717, 1.165) is 0 Å². The van der Waals surface area contributed by atoms with Gasteiger partial charge in [0, 0.05) is 19.7 Å². The molecule has 15 heavy (non-hydrogen) atoms. The minimum atomic E-state index is -2.18. The number of hydrogen-bond acceptors (Lipinski definition) is 2. The van der Waals surface area contributed by atoms with Crippen molar-refractivity contribution in [2.24, 2.45) is 0 Å². The molecule has 6 heteroatoms. The lowest BCUT2D eigenvalue weighted by Gasteiger charge is -2.10. The molecule has 0 aliphatic heterocycles. The summed E-state index contributed by atoms with van der Waals surface area (Å²) in [5, 5.41) is 0.172. The van der Waals surface area contributed by atoms with Crippen LogP contribution in [0.1, 0.15) is 10.4 Å². The summed E-state index contributed by atoms with van der Waals surface area (Å²) in [6, 6.07) is 4.27. The van der Waals surface area contributed by atoms with E-state index in [0.29, 0.717) is 5.56 Å². The Bertz CT molecular complexity index is 420. The third-order valence-electron chi connectivity index (χ3n) is 1.77. The van der Waals surface area contributed by atoms with Crippen molar-refractivity contribution in [1.29, 1.82) is 0 Å². The van der Waals surface area contributed by atoms with Crippen LogP contribution in [-0.4, -0.2) is 33.7 Å². The molecule has 1 atom stereocenters. The van der Waals surface area contributed by atoms with Crippen LogP contribution in [0.5, 0.6) is 0 Å². The number of carbonyl (C=O) groups excluding carboxylic acids is 1. The van der Waals surface area contributed by atoms with E-state index in [1.54, 1.807) is 14.1 Å². The molecule has 0 saturated carbocycles. The Morgan fingerprint density at radius 2 is 2.07 bits per heavy atom. The van der Waals surface area contributed by atoms with E-state index >= 15 is 0 Å². The van der Waals surface area contributed by atoms with Crippen molar-refractivity contribution in [2.75, 3.05) is 14.1 Å². The van der Waals surface area contributed by atoms with Crippen LogP contribution in [0.3, 0.4) is 0 Å². The lowest BCUT2D eigenvalue weighted by atomic mass is 10.2. The van der Waals surface area contributed by atoms with Gasteiger partial charge in [-0.1, -0.05) is 11.6 Å². The summed E-state index contributed by atoms with van der Waals surface area (Å²) in [5.74, 6) is -0.238. The van der Waals surface area contributed by atoms with Gasteiger partial charge in [-0.3, -0.25) is 4.79 Å². The molecule has 1 amide bonds. The van der Waals surface area contributed by atoms with E-state index < -0.39 is 11.1 Å². The Labute approximate surface area is 95.1 Å². The fourth-order valence-electron chi connectivity index (χ4n) is 1.03. The molecular weight excluding hydrogens is 238 g/mol. The van der Waals surface area contributed by atoms with Gasteiger partial charge in [-0.05, 0) is 18.2 Å². The van der Waals surface area contributed by atoms with E-state index in [9.17, 15) is 9.00 Å². The van der Waals surface area contributed by atoms with Crippen molar-refractivity contribution in [3.8, 4) is 0 Å². The van der Waals surface area contributed by atoms with Crippen LogP contribution in [0, 0.1) is 0 Å². The van der Waals surface area contributed by atoms with Gasteiger partial charge in [0.25, 0.3) is 5.91 Å². The zero-order chi connectivity index (χ0) is 11.6. The van der Waals surface area contributed by atoms with E-state index in [1.165, 1.54) is 23.1 Å². The van der Waals surface area contributed by atoms with Crippen molar-refractivity contribution >= 4 is 28.6 Å². The van der Waals surface area contributed by atoms with Gasteiger partial charge in [0.2, 0.25) is 0 Å². The molecule has 1 aromatic rings. The van der Waals surface area contributed by atoms with Gasteiger partial charge in [-0.15, -0.1) is 0 Å². The normalized spacial score (nSPS) is 12.3. The molecule has 1 N–H and O–H groups in total. The summed E-state index contributed by atoms with van der Waals surface area (Å²) in [6.45, 7) is 0. The highest BCUT2D eigenvalue weighted by molar-refractivity contribution is 7.79. The van der Waals surface area contributed by atoms with Gasteiger partial charge in [-0.25, -0.2) is 4.21 Å². The molecule has 0 aliphatic rings. The molecular formula is C9H10ClNO3S. The standard InChI is InChI=1S/C9H10ClNO3S/c1-11(2)9(12)6-3-4-7(10)8(5-6)15(13)14/h3-5H,1-2H3,(H,13,14). The van der Waals surface area contributed by atoms with Crippen molar-refractivity contribution < 1.29 is 13.6 Å². The number of halogens is 1. The smallest absolute Gasteiger partial charge is 0.253 e. The predicted octanol–water partition coefficient (Wildman–Crippen LogP) is 1.62. The zero-order valence-corrected chi connectivity index (χ0v) is 9.80. The summed E-state index contributed by atoms with van der Waals surface area (Å²) >= 11 is 3.51. The van der Waals surface area contributed by atoms with Gasteiger partial charge in [-0.2, -0.15) is 0 Å². The van der Waals surface area contributed by atoms with Crippen molar-refractivity contribution in [2.45, 2.75) is 4.90 Å². The monoisotopic (exact) mass is 247 g/mol. The largest absolute Gasteiger partial charge is 0.345 e. The average Bonchev–Trinajstić information content (AvgIpc) is 2.16. The molecule has 0 aromatic heterocycles. The van der Waals surface area contributed by atoms with E-state index in [2.05, 4.69) is 0 Å². The average molecular weight is 248 g/mol. The SMILES string of the molecule is CN(C)C(=O)c1ccc(Cl)c(S(=O)O)c1. The maximum atomic E-state index is 11.5. The van der Waals surface area contributed by atoms with Gasteiger partial charge in [0.1, 0.15) is 0 Å². The lowest BCUT2D eigenvalue weighted by Crippen LogP contribution is -2.21. The summed E-state index contributed by atoms with van der Waals surface area (Å²) in [6.07, 6.45) is 0. The lowest BCUT2D eigenvalue weighted by molar-refractivity contribution is 0.0827. The second-order valence-electron chi connectivity index (χ2n) is 3.09.